The van der Waals surface area contributed by atoms with Crippen molar-refractivity contribution in [2.75, 3.05) is 18.8 Å². The summed E-state index contributed by atoms with van der Waals surface area (Å²) in [6.07, 6.45) is 6.47. The number of aliphatic carboxylic acids is 1. The lowest BCUT2D eigenvalue weighted by molar-refractivity contribution is -0.132. The molecular weight excluding hydrogens is 337 g/mol. The standard InChI is InChI=1S/C20H26FNO2S/c1-15(2)11-13-22-12-3-6-18(20(23)24)19(22)25-14-4-5-16-7-9-17(21)10-8-16/h3,6-10,15H,4-5,11-14H2,1-2H3,(H,23,24). The molecule has 0 aliphatic carbocycles. The van der Waals surface area contributed by atoms with Gasteiger partial charge in [-0.2, -0.15) is 0 Å². The SMILES string of the molecule is CC(C)CCN1CC=CC(C(=O)O)=C1SCCCc1ccc(F)cc1. The molecule has 1 aromatic rings. The molecule has 136 valence electrons. The van der Waals surface area contributed by atoms with Crippen LogP contribution in [0.3, 0.4) is 0 Å². The first kappa shape index (κ1) is 19.6. The summed E-state index contributed by atoms with van der Waals surface area (Å²) in [5, 5.41) is 10.3. The van der Waals surface area contributed by atoms with Crippen LogP contribution in [-0.4, -0.2) is 34.8 Å². The van der Waals surface area contributed by atoms with Crippen LogP contribution in [0.2, 0.25) is 0 Å². The van der Waals surface area contributed by atoms with E-state index in [1.807, 2.05) is 6.08 Å². The van der Waals surface area contributed by atoms with E-state index in [4.69, 9.17) is 0 Å². The van der Waals surface area contributed by atoms with Gasteiger partial charge in [-0.1, -0.05) is 32.1 Å². The fourth-order valence-corrected chi connectivity index (χ4v) is 3.80. The highest BCUT2D eigenvalue weighted by atomic mass is 32.2. The highest BCUT2D eigenvalue weighted by Crippen LogP contribution is 2.29. The van der Waals surface area contributed by atoms with E-state index in [2.05, 4.69) is 18.7 Å². The van der Waals surface area contributed by atoms with Gasteiger partial charge in [0.1, 0.15) is 5.82 Å². The monoisotopic (exact) mass is 363 g/mol. The summed E-state index contributed by atoms with van der Waals surface area (Å²) >= 11 is 1.62. The number of nitrogens with zero attached hydrogens (tertiary/aromatic N) is 1. The summed E-state index contributed by atoms with van der Waals surface area (Å²) in [5.74, 6) is 0.342. The Morgan fingerprint density at radius 3 is 2.68 bits per heavy atom. The van der Waals surface area contributed by atoms with E-state index in [0.29, 0.717) is 11.5 Å². The Labute approximate surface area is 153 Å². The van der Waals surface area contributed by atoms with Gasteiger partial charge in [0.05, 0.1) is 10.6 Å². The molecular formula is C20H26FNO2S. The molecule has 5 heteroatoms. The number of carboxylic acid groups (broad SMARTS) is 1. The van der Waals surface area contributed by atoms with E-state index >= 15 is 0 Å². The van der Waals surface area contributed by atoms with E-state index < -0.39 is 5.97 Å². The largest absolute Gasteiger partial charge is 0.478 e. The number of halogens is 1. The van der Waals surface area contributed by atoms with Gasteiger partial charge in [-0.3, -0.25) is 0 Å². The molecule has 1 aromatic carbocycles. The van der Waals surface area contributed by atoms with Crippen LogP contribution in [0.5, 0.6) is 0 Å². The van der Waals surface area contributed by atoms with E-state index in [9.17, 15) is 14.3 Å². The maximum absolute atomic E-state index is 12.9. The molecule has 0 amide bonds. The lowest BCUT2D eigenvalue weighted by Gasteiger charge is -2.30. The molecule has 1 aliphatic heterocycles. The first-order valence-corrected chi connectivity index (χ1v) is 9.72. The fourth-order valence-electron chi connectivity index (χ4n) is 2.66. The van der Waals surface area contributed by atoms with Crippen LogP contribution in [0.15, 0.2) is 47.0 Å². The highest BCUT2D eigenvalue weighted by molar-refractivity contribution is 8.03. The zero-order valence-electron chi connectivity index (χ0n) is 14.9. The molecule has 0 aromatic heterocycles. The zero-order chi connectivity index (χ0) is 18.2. The molecule has 0 unspecified atom stereocenters. The molecule has 0 atom stereocenters. The van der Waals surface area contributed by atoms with Crippen molar-refractivity contribution in [2.24, 2.45) is 5.92 Å². The van der Waals surface area contributed by atoms with Crippen LogP contribution in [0.4, 0.5) is 4.39 Å². The average molecular weight is 363 g/mol. The minimum Gasteiger partial charge on any atom is -0.478 e. The van der Waals surface area contributed by atoms with Crippen molar-refractivity contribution in [3.8, 4) is 0 Å². The summed E-state index contributed by atoms with van der Waals surface area (Å²) in [4.78, 5) is 13.7. The molecule has 0 radical (unpaired) electrons. The minimum atomic E-state index is -0.869. The molecule has 0 saturated carbocycles. The third-order valence-corrected chi connectivity index (χ3v) is 5.34. The zero-order valence-corrected chi connectivity index (χ0v) is 15.7. The number of hydrogen-bond donors (Lipinski definition) is 1. The lowest BCUT2D eigenvalue weighted by atomic mass is 10.1. The van der Waals surface area contributed by atoms with Crippen LogP contribution < -0.4 is 0 Å². The Balaban J connectivity index is 1.94. The van der Waals surface area contributed by atoms with Gasteiger partial charge in [0.25, 0.3) is 0 Å². The van der Waals surface area contributed by atoms with E-state index in [1.54, 1.807) is 30.0 Å². The second-order valence-corrected chi connectivity index (χ2v) is 7.72. The van der Waals surface area contributed by atoms with Crippen molar-refractivity contribution < 1.29 is 14.3 Å². The van der Waals surface area contributed by atoms with Gasteiger partial charge in [-0.25, -0.2) is 9.18 Å². The van der Waals surface area contributed by atoms with Gasteiger partial charge in [0, 0.05) is 13.1 Å². The van der Waals surface area contributed by atoms with Crippen LogP contribution in [0.1, 0.15) is 32.3 Å². The molecule has 0 spiro atoms. The van der Waals surface area contributed by atoms with Crippen molar-refractivity contribution in [3.05, 3.63) is 58.4 Å². The first-order chi connectivity index (χ1) is 12.0. The van der Waals surface area contributed by atoms with Gasteiger partial charge in [-0.15, -0.1) is 11.8 Å². The lowest BCUT2D eigenvalue weighted by Crippen LogP contribution is -2.29. The molecule has 0 saturated heterocycles. The van der Waals surface area contributed by atoms with Crippen molar-refractivity contribution in [2.45, 2.75) is 33.1 Å². The summed E-state index contributed by atoms with van der Waals surface area (Å²) in [5.41, 5.74) is 1.50. The fraction of sp³-hybridized carbons (Fsp3) is 0.450. The maximum Gasteiger partial charge on any atom is 0.338 e. The van der Waals surface area contributed by atoms with Gasteiger partial charge in [0.15, 0.2) is 0 Å². The van der Waals surface area contributed by atoms with Crippen LogP contribution >= 0.6 is 11.8 Å². The number of benzene rings is 1. The maximum atomic E-state index is 12.9. The molecule has 0 bridgehead atoms. The molecule has 1 N–H and O–H groups in total. The number of rotatable bonds is 9. The summed E-state index contributed by atoms with van der Waals surface area (Å²) in [7, 11) is 0. The minimum absolute atomic E-state index is 0.218. The van der Waals surface area contributed by atoms with E-state index in [-0.39, 0.29) is 5.82 Å². The van der Waals surface area contributed by atoms with Crippen molar-refractivity contribution in [1.82, 2.24) is 4.90 Å². The molecule has 1 aliphatic rings. The van der Waals surface area contributed by atoms with Crippen LogP contribution in [0, 0.1) is 11.7 Å². The molecule has 0 fully saturated rings. The van der Waals surface area contributed by atoms with Gasteiger partial charge in [0.2, 0.25) is 0 Å². The Morgan fingerprint density at radius 2 is 2.04 bits per heavy atom. The molecule has 3 nitrogen and oxygen atoms in total. The summed E-state index contributed by atoms with van der Waals surface area (Å²) in [6.45, 7) is 6.00. The number of thioether (sulfide) groups is 1. The summed E-state index contributed by atoms with van der Waals surface area (Å²) < 4.78 is 12.9. The number of hydrogen-bond acceptors (Lipinski definition) is 3. The van der Waals surface area contributed by atoms with Gasteiger partial charge < -0.3 is 10.0 Å². The van der Waals surface area contributed by atoms with E-state index in [0.717, 1.165) is 48.7 Å². The second-order valence-electron chi connectivity index (χ2n) is 6.63. The van der Waals surface area contributed by atoms with E-state index in [1.165, 1.54) is 12.1 Å². The number of aryl methyl sites for hydroxylation is 1. The Morgan fingerprint density at radius 1 is 1.32 bits per heavy atom. The smallest absolute Gasteiger partial charge is 0.338 e. The average Bonchev–Trinajstić information content (AvgIpc) is 2.58. The molecule has 25 heavy (non-hydrogen) atoms. The van der Waals surface area contributed by atoms with Crippen LogP contribution in [-0.2, 0) is 11.2 Å². The Kier molecular flexibility index (Phi) is 7.56. The molecule has 1 heterocycles. The van der Waals surface area contributed by atoms with Crippen molar-refractivity contribution in [1.29, 1.82) is 0 Å². The third-order valence-electron chi connectivity index (χ3n) is 4.10. The normalized spacial score (nSPS) is 14.5. The predicted molar refractivity (Wildman–Crippen MR) is 102 cm³/mol. The Bertz CT molecular complexity index is 638. The second kappa shape index (κ2) is 9.66. The highest BCUT2D eigenvalue weighted by Gasteiger charge is 2.21. The topological polar surface area (TPSA) is 40.5 Å². The quantitative estimate of drug-likeness (QED) is 0.645. The predicted octanol–water partition coefficient (Wildman–Crippen LogP) is 4.71. The molecule has 2 rings (SSSR count). The van der Waals surface area contributed by atoms with Crippen molar-refractivity contribution in [3.63, 3.8) is 0 Å². The number of carbonyl (C=O) groups is 1. The van der Waals surface area contributed by atoms with Crippen LogP contribution in [0.25, 0.3) is 0 Å². The Hall–Kier alpha value is -1.75. The number of carboxylic acids is 1. The summed E-state index contributed by atoms with van der Waals surface area (Å²) in [6, 6.07) is 6.57. The van der Waals surface area contributed by atoms with Gasteiger partial charge in [-0.05, 0) is 54.7 Å². The van der Waals surface area contributed by atoms with Gasteiger partial charge >= 0.3 is 5.97 Å². The van der Waals surface area contributed by atoms with Crippen molar-refractivity contribution >= 4 is 17.7 Å². The third kappa shape index (κ3) is 6.24. The first-order valence-electron chi connectivity index (χ1n) is 8.73.